The highest BCUT2D eigenvalue weighted by Gasteiger charge is 2.07. The van der Waals surface area contributed by atoms with Crippen LogP contribution in [0.3, 0.4) is 0 Å². The van der Waals surface area contributed by atoms with Gasteiger partial charge in [0, 0.05) is 22.5 Å². The number of fused-ring (bicyclic) bond motifs is 2. The molecule has 3 heteroatoms. The molecule has 2 aromatic carbocycles. The third-order valence-corrected chi connectivity index (χ3v) is 3.94. The molecular formula is C21H14N2O. The van der Waals surface area contributed by atoms with E-state index in [-0.39, 0.29) is 5.78 Å². The summed E-state index contributed by atoms with van der Waals surface area (Å²) in [5.74, 6) is -0.0523. The van der Waals surface area contributed by atoms with Crippen LogP contribution >= 0.6 is 0 Å². The van der Waals surface area contributed by atoms with Gasteiger partial charge in [-0.3, -0.25) is 9.78 Å². The Kier molecular flexibility index (Phi) is 3.60. The van der Waals surface area contributed by atoms with E-state index in [0.717, 1.165) is 27.5 Å². The van der Waals surface area contributed by atoms with Crippen LogP contribution in [0.2, 0.25) is 0 Å². The fraction of sp³-hybridized carbons (Fsp3) is 0. The fourth-order valence-electron chi connectivity index (χ4n) is 2.74. The lowest BCUT2D eigenvalue weighted by molar-refractivity contribution is 0.104. The van der Waals surface area contributed by atoms with Gasteiger partial charge in [-0.05, 0) is 36.4 Å². The number of carbonyl (C=O) groups excluding carboxylic acids is 1. The van der Waals surface area contributed by atoms with Gasteiger partial charge >= 0.3 is 0 Å². The van der Waals surface area contributed by atoms with E-state index in [2.05, 4.69) is 9.97 Å². The third kappa shape index (κ3) is 2.68. The predicted octanol–water partition coefficient (Wildman–Crippen LogP) is 4.68. The molecule has 0 bridgehead atoms. The Morgan fingerprint density at radius 1 is 0.833 bits per heavy atom. The first-order valence-corrected chi connectivity index (χ1v) is 7.73. The molecule has 0 aliphatic carbocycles. The van der Waals surface area contributed by atoms with Crippen molar-refractivity contribution < 1.29 is 4.79 Å². The first kappa shape index (κ1) is 14.3. The topological polar surface area (TPSA) is 42.9 Å². The van der Waals surface area contributed by atoms with E-state index in [1.165, 1.54) is 0 Å². The molecule has 4 rings (SSSR count). The minimum Gasteiger partial charge on any atom is -0.289 e. The summed E-state index contributed by atoms with van der Waals surface area (Å²) in [5, 5.41) is 1.95. The molecule has 0 spiro atoms. The molecule has 0 unspecified atom stereocenters. The van der Waals surface area contributed by atoms with Crippen molar-refractivity contribution in [3.8, 4) is 0 Å². The van der Waals surface area contributed by atoms with E-state index < -0.39 is 0 Å². The van der Waals surface area contributed by atoms with E-state index >= 15 is 0 Å². The number of aromatic nitrogens is 2. The molecule has 0 aliphatic heterocycles. The lowest BCUT2D eigenvalue weighted by Crippen LogP contribution is -1.96. The van der Waals surface area contributed by atoms with Crippen molar-refractivity contribution in [3.05, 3.63) is 90.3 Å². The van der Waals surface area contributed by atoms with Crippen LogP contribution in [0, 0.1) is 0 Å². The number of rotatable bonds is 3. The van der Waals surface area contributed by atoms with Crippen LogP contribution in [-0.4, -0.2) is 15.8 Å². The van der Waals surface area contributed by atoms with Crippen molar-refractivity contribution >= 4 is 33.7 Å². The van der Waals surface area contributed by atoms with E-state index in [9.17, 15) is 4.79 Å². The van der Waals surface area contributed by atoms with Gasteiger partial charge in [-0.15, -0.1) is 0 Å². The summed E-state index contributed by atoms with van der Waals surface area (Å²) in [5.41, 5.74) is 3.15. The minimum atomic E-state index is -0.0523. The van der Waals surface area contributed by atoms with Crippen LogP contribution in [0.25, 0.3) is 27.9 Å². The molecule has 2 aromatic heterocycles. The van der Waals surface area contributed by atoms with Gasteiger partial charge in [-0.2, -0.15) is 0 Å². The number of hydrogen-bond donors (Lipinski definition) is 0. The van der Waals surface area contributed by atoms with Crippen LogP contribution in [0.4, 0.5) is 0 Å². The molecule has 114 valence electrons. The first-order chi connectivity index (χ1) is 11.8. The molecule has 0 fully saturated rings. The third-order valence-electron chi connectivity index (χ3n) is 3.94. The Morgan fingerprint density at radius 3 is 2.54 bits per heavy atom. The summed E-state index contributed by atoms with van der Waals surface area (Å²) in [4.78, 5) is 21.4. The van der Waals surface area contributed by atoms with Gasteiger partial charge in [-0.1, -0.05) is 42.5 Å². The molecular weight excluding hydrogens is 296 g/mol. The minimum absolute atomic E-state index is 0.0523. The summed E-state index contributed by atoms with van der Waals surface area (Å²) < 4.78 is 0. The molecule has 0 N–H and O–H groups in total. The summed E-state index contributed by atoms with van der Waals surface area (Å²) in [6.07, 6.45) is 4.99. The number of ketones is 1. The van der Waals surface area contributed by atoms with E-state index in [0.29, 0.717) is 5.56 Å². The van der Waals surface area contributed by atoms with E-state index in [1.807, 2.05) is 60.7 Å². The van der Waals surface area contributed by atoms with Crippen LogP contribution in [-0.2, 0) is 0 Å². The van der Waals surface area contributed by atoms with Gasteiger partial charge in [0.25, 0.3) is 0 Å². The lowest BCUT2D eigenvalue weighted by atomic mass is 10.0. The maximum Gasteiger partial charge on any atom is 0.186 e. The van der Waals surface area contributed by atoms with Gasteiger partial charge in [0.15, 0.2) is 5.78 Å². The van der Waals surface area contributed by atoms with Crippen LogP contribution in [0.5, 0.6) is 0 Å². The van der Waals surface area contributed by atoms with Crippen LogP contribution < -0.4 is 0 Å². The van der Waals surface area contributed by atoms with Gasteiger partial charge < -0.3 is 0 Å². The number of benzene rings is 2. The number of nitrogens with zero attached hydrogens (tertiary/aromatic N) is 2. The van der Waals surface area contributed by atoms with Gasteiger partial charge in [-0.25, -0.2) is 4.98 Å². The van der Waals surface area contributed by atoms with E-state index in [4.69, 9.17) is 0 Å². The first-order valence-electron chi connectivity index (χ1n) is 7.73. The van der Waals surface area contributed by atoms with Crippen molar-refractivity contribution in [2.24, 2.45) is 0 Å². The highest BCUT2D eigenvalue weighted by molar-refractivity contribution is 6.14. The summed E-state index contributed by atoms with van der Waals surface area (Å²) in [6, 6.07) is 21.2. The van der Waals surface area contributed by atoms with Crippen molar-refractivity contribution in [1.82, 2.24) is 9.97 Å². The van der Waals surface area contributed by atoms with Gasteiger partial charge in [0.1, 0.15) is 0 Å². The van der Waals surface area contributed by atoms with Gasteiger partial charge in [0.05, 0.1) is 16.7 Å². The van der Waals surface area contributed by atoms with Crippen LogP contribution in [0.15, 0.2) is 79.0 Å². The van der Waals surface area contributed by atoms with Crippen molar-refractivity contribution in [2.75, 3.05) is 0 Å². The second kappa shape index (κ2) is 6.05. The Labute approximate surface area is 139 Å². The number of hydrogen-bond acceptors (Lipinski definition) is 3. The maximum atomic E-state index is 12.6. The largest absolute Gasteiger partial charge is 0.289 e. The van der Waals surface area contributed by atoms with Crippen molar-refractivity contribution in [1.29, 1.82) is 0 Å². The standard InChI is InChI=1S/C21H14N2O/c24-21(18-13-14-22-20-8-4-2-6-17(18)20)12-11-16-10-9-15-5-1-3-7-19(15)23-16/h1-14H/b12-11+. The highest BCUT2D eigenvalue weighted by Crippen LogP contribution is 2.18. The van der Waals surface area contributed by atoms with Crippen molar-refractivity contribution in [3.63, 3.8) is 0 Å². The monoisotopic (exact) mass is 310 g/mol. The normalized spacial score (nSPS) is 11.3. The zero-order valence-electron chi connectivity index (χ0n) is 12.9. The molecule has 0 radical (unpaired) electrons. The molecule has 0 saturated heterocycles. The predicted molar refractivity (Wildman–Crippen MR) is 96.9 cm³/mol. The molecule has 0 amide bonds. The molecule has 2 heterocycles. The number of pyridine rings is 2. The molecule has 3 nitrogen and oxygen atoms in total. The Bertz CT molecular complexity index is 1080. The Morgan fingerprint density at radius 2 is 1.62 bits per heavy atom. The smallest absolute Gasteiger partial charge is 0.186 e. The average molecular weight is 310 g/mol. The SMILES string of the molecule is O=C(/C=C/c1ccc2ccccc2n1)c1ccnc2ccccc12. The van der Waals surface area contributed by atoms with Crippen molar-refractivity contribution in [2.45, 2.75) is 0 Å². The fourth-order valence-corrected chi connectivity index (χ4v) is 2.74. The summed E-state index contributed by atoms with van der Waals surface area (Å²) in [7, 11) is 0. The van der Waals surface area contributed by atoms with Crippen LogP contribution in [0.1, 0.15) is 16.1 Å². The zero-order valence-corrected chi connectivity index (χ0v) is 12.9. The lowest BCUT2D eigenvalue weighted by Gasteiger charge is -2.02. The molecule has 0 atom stereocenters. The molecule has 0 saturated carbocycles. The summed E-state index contributed by atoms with van der Waals surface area (Å²) in [6.45, 7) is 0. The van der Waals surface area contributed by atoms with Gasteiger partial charge in [0.2, 0.25) is 0 Å². The molecule has 0 aliphatic rings. The number of carbonyl (C=O) groups is 1. The average Bonchev–Trinajstić information content (AvgIpc) is 2.65. The van der Waals surface area contributed by atoms with E-state index in [1.54, 1.807) is 24.4 Å². The summed E-state index contributed by atoms with van der Waals surface area (Å²) >= 11 is 0. The Hall–Kier alpha value is -3.33. The molecule has 4 aromatic rings. The molecule has 24 heavy (non-hydrogen) atoms. The quantitative estimate of drug-likeness (QED) is 0.407. The second-order valence-corrected chi connectivity index (χ2v) is 5.50. The Balaban J connectivity index is 1.68. The zero-order chi connectivity index (χ0) is 16.4. The second-order valence-electron chi connectivity index (χ2n) is 5.50. The number of allylic oxidation sites excluding steroid dienone is 1. The highest BCUT2D eigenvalue weighted by atomic mass is 16.1. The number of para-hydroxylation sites is 2. The maximum absolute atomic E-state index is 12.6.